The second-order valence-corrected chi connectivity index (χ2v) is 4.05. The number of hydrogen-bond donors (Lipinski definition) is 1. The lowest BCUT2D eigenvalue weighted by atomic mass is 10.2. The molecule has 1 rings (SSSR count). The van der Waals surface area contributed by atoms with Gasteiger partial charge in [0.1, 0.15) is 11.0 Å². The number of carboxylic acids is 1. The fourth-order valence-electron chi connectivity index (χ4n) is 1.28. The molecule has 0 aliphatic heterocycles. The van der Waals surface area contributed by atoms with Crippen LogP contribution in [0.3, 0.4) is 0 Å². The molecule has 0 amide bonds. The van der Waals surface area contributed by atoms with E-state index in [1.54, 1.807) is 11.9 Å². The molecular weight excluding hydrogens is 242 g/mol. The number of aromatic nitrogens is 1. The predicted octanol–water partition coefficient (Wildman–Crippen LogP) is 2.17. The summed E-state index contributed by atoms with van der Waals surface area (Å²) in [6, 6.07) is 4.71. The third-order valence-electron chi connectivity index (χ3n) is 2.44. The Bertz CT molecular complexity index is 470. The lowest BCUT2D eigenvalue weighted by Crippen LogP contribution is -2.29. The third kappa shape index (κ3) is 3.33. The minimum Gasteiger partial charge on any atom is -0.478 e. The van der Waals surface area contributed by atoms with E-state index in [4.69, 9.17) is 22.0 Å². The van der Waals surface area contributed by atoms with E-state index in [0.717, 1.165) is 0 Å². The second-order valence-electron chi connectivity index (χ2n) is 3.66. The van der Waals surface area contributed by atoms with Gasteiger partial charge in [-0.05, 0) is 19.1 Å². The molecule has 17 heavy (non-hydrogen) atoms. The van der Waals surface area contributed by atoms with E-state index in [1.807, 2.05) is 6.92 Å². The van der Waals surface area contributed by atoms with Crippen LogP contribution in [0.25, 0.3) is 0 Å². The van der Waals surface area contributed by atoms with E-state index in [-0.39, 0.29) is 16.8 Å². The Morgan fingerprint density at radius 1 is 1.71 bits per heavy atom. The van der Waals surface area contributed by atoms with E-state index in [1.165, 1.54) is 12.1 Å². The van der Waals surface area contributed by atoms with Gasteiger partial charge >= 0.3 is 5.97 Å². The van der Waals surface area contributed by atoms with Gasteiger partial charge in [-0.2, -0.15) is 5.26 Å². The number of anilines is 1. The van der Waals surface area contributed by atoms with E-state index < -0.39 is 5.97 Å². The van der Waals surface area contributed by atoms with Crippen molar-refractivity contribution in [1.29, 1.82) is 5.26 Å². The van der Waals surface area contributed by atoms with Crippen LogP contribution < -0.4 is 4.90 Å². The average Bonchev–Trinajstić information content (AvgIpc) is 2.27. The van der Waals surface area contributed by atoms with Crippen LogP contribution in [0.2, 0.25) is 5.15 Å². The van der Waals surface area contributed by atoms with Gasteiger partial charge in [-0.1, -0.05) is 11.6 Å². The fraction of sp³-hybridized carbons (Fsp3) is 0.364. The zero-order valence-corrected chi connectivity index (χ0v) is 10.3. The first-order chi connectivity index (χ1) is 7.95. The first-order valence-electron chi connectivity index (χ1n) is 4.96. The lowest BCUT2D eigenvalue weighted by molar-refractivity contribution is 0.0697. The minimum atomic E-state index is -1.06. The van der Waals surface area contributed by atoms with Crippen LogP contribution in [-0.2, 0) is 0 Å². The Hall–Kier alpha value is -1.80. The number of halogens is 1. The predicted molar refractivity (Wildman–Crippen MR) is 64.3 cm³/mol. The number of carboxylic acid groups (broad SMARTS) is 1. The van der Waals surface area contributed by atoms with Gasteiger partial charge in [0.05, 0.1) is 18.1 Å². The van der Waals surface area contributed by atoms with Crippen molar-refractivity contribution in [3.63, 3.8) is 0 Å². The Morgan fingerprint density at radius 2 is 2.35 bits per heavy atom. The standard InChI is InChI=1S/C11H12ClN3O2/c1-7(3-4-13)15(2)10-6-8(11(16)17)5-9(12)14-10/h5-7H,3H2,1-2H3,(H,16,17). The molecule has 1 N–H and O–H groups in total. The van der Waals surface area contributed by atoms with Gasteiger partial charge in [0.2, 0.25) is 0 Å². The summed E-state index contributed by atoms with van der Waals surface area (Å²) in [6.07, 6.45) is 0.326. The zero-order valence-electron chi connectivity index (χ0n) is 9.51. The highest BCUT2D eigenvalue weighted by atomic mass is 35.5. The van der Waals surface area contributed by atoms with E-state index in [2.05, 4.69) is 11.1 Å². The van der Waals surface area contributed by atoms with Crippen molar-refractivity contribution in [3.05, 3.63) is 22.8 Å². The number of nitriles is 1. The molecule has 0 saturated heterocycles. The highest BCUT2D eigenvalue weighted by Gasteiger charge is 2.14. The minimum absolute atomic E-state index is 0.0624. The van der Waals surface area contributed by atoms with Gasteiger partial charge in [0, 0.05) is 13.1 Å². The van der Waals surface area contributed by atoms with Crippen LogP contribution in [0, 0.1) is 11.3 Å². The molecule has 6 heteroatoms. The van der Waals surface area contributed by atoms with E-state index >= 15 is 0 Å². The number of rotatable bonds is 4. The molecule has 1 heterocycles. The summed E-state index contributed by atoms with van der Waals surface area (Å²) in [5.74, 6) is -0.616. The highest BCUT2D eigenvalue weighted by molar-refractivity contribution is 6.29. The molecule has 5 nitrogen and oxygen atoms in total. The van der Waals surface area contributed by atoms with Crippen molar-refractivity contribution < 1.29 is 9.90 Å². The summed E-state index contributed by atoms with van der Waals surface area (Å²) in [5, 5.41) is 17.6. The van der Waals surface area contributed by atoms with E-state index in [9.17, 15) is 4.79 Å². The first kappa shape index (κ1) is 13.3. The summed E-state index contributed by atoms with van der Waals surface area (Å²) in [4.78, 5) is 16.6. The van der Waals surface area contributed by atoms with Crippen molar-refractivity contribution >= 4 is 23.4 Å². The summed E-state index contributed by atoms with van der Waals surface area (Å²) in [6.45, 7) is 1.85. The molecular formula is C11H12ClN3O2. The van der Waals surface area contributed by atoms with Crippen LogP contribution in [-0.4, -0.2) is 29.1 Å². The molecule has 1 aromatic heterocycles. The SMILES string of the molecule is CC(CC#N)N(C)c1cc(C(=O)O)cc(Cl)n1. The molecule has 0 aliphatic rings. The van der Waals surface area contributed by atoms with E-state index in [0.29, 0.717) is 12.2 Å². The smallest absolute Gasteiger partial charge is 0.335 e. The summed E-state index contributed by atoms with van der Waals surface area (Å²) in [7, 11) is 1.74. The molecule has 1 unspecified atom stereocenters. The molecule has 1 aromatic rings. The first-order valence-corrected chi connectivity index (χ1v) is 5.34. The Balaban J connectivity index is 3.06. The van der Waals surface area contributed by atoms with Crippen molar-refractivity contribution in [3.8, 4) is 6.07 Å². The molecule has 0 bridgehead atoms. The van der Waals surface area contributed by atoms with Crippen LogP contribution in [0.5, 0.6) is 0 Å². The summed E-state index contributed by atoms with van der Waals surface area (Å²) in [5.41, 5.74) is 0.0796. The number of aromatic carboxylic acids is 1. The number of nitrogens with zero attached hydrogens (tertiary/aromatic N) is 3. The fourth-order valence-corrected chi connectivity index (χ4v) is 1.49. The number of carbonyl (C=O) groups is 1. The van der Waals surface area contributed by atoms with Crippen LogP contribution in [0.1, 0.15) is 23.7 Å². The lowest BCUT2D eigenvalue weighted by Gasteiger charge is -2.24. The monoisotopic (exact) mass is 253 g/mol. The maximum Gasteiger partial charge on any atom is 0.335 e. The van der Waals surface area contributed by atoms with Gasteiger partial charge < -0.3 is 10.0 Å². The largest absolute Gasteiger partial charge is 0.478 e. The number of pyridine rings is 1. The maximum absolute atomic E-state index is 10.9. The van der Waals surface area contributed by atoms with Crippen molar-refractivity contribution in [1.82, 2.24) is 4.98 Å². The van der Waals surface area contributed by atoms with Crippen LogP contribution >= 0.6 is 11.6 Å². The second kappa shape index (κ2) is 5.51. The van der Waals surface area contributed by atoms with Crippen molar-refractivity contribution in [2.45, 2.75) is 19.4 Å². The zero-order chi connectivity index (χ0) is 13.0. The molecule has 1 atom stereocenters. The maximum atomic E-state index is 10.9. The van der Waals surface area contributed by atoms with Crippen molar-refractivity contribution in [2.75, 3.05) is 11.9 Å². The van der Waals surface area contributed by atoms with Gasteiger partial charge in [-0.15, -0.1) is 0 Å². The quantitative estimate of drug-likeness (QED) is 0.832. The highest BCUT2D eigenvalue weighted by Crippen LogP contribution is 2.19. The third-order valence-corrected chi connectivity index (χ3v) is 2.63. The summed E-state index contributed by atoms with van der Waals surface area (Å²) < 4.78 is 0. The Kier molecular flexibility index (Phi) is 4.30. The van der Waals surface area contributed by atoms with Gasteiger partial charge in [0.15, 0.2) is 0 Å². The summed E-state index contributed by atoms with van der Waals surface area (Å²) >= 11 is 5.75. The topological polar surface area (TPSA) is 77.2 Å². The van der Waals surface area contributed by atoms with Gasteiger partial charge in [0.25, 0.3) is 0 Å². The molecule has 90 valence electrons. The molecule has 0 fully saturated rings. The molecule has 0 spiro atoms. The molecule has 0 radical (unpaired) electrons. The molecule has 0 saturated carbocycles. The normalized spacial score (nSPS) is 11.6. The molecule has 0 aliphatic carbocycles. The Labute approximate surface area is 104 Å². The van der Waals surface area contributed by atoms with Gasteiger partial charge in [-0.3, -0.25) is 0 Å². The van der Waals surface area contributed by atoms with Crippen LogP contribution in [0.15, 0.2) is 12.1 Å². The molecule has 0 aromatic carbocycles. The number of hydrogen-bond acceptors (Lipinski definition) is 4. The van der Waals surface area contributed by atoms with Crippen molar-refractivity contribution in [2.24, 2.45) is 0 Å². The van der Waals surface area contributed by atoms with Gasteiger partial charge in [-0.25, -0.2) is 9.78 Å². The van der Waals surface area contributed by atoms with Crippen LogP contribution in [0.4, 0.5) is 5.82 Å². The average molecular weight is 254 g/mol. The Morgan fingerprint density at radius 3 is 2.88 bits per heavy atom.